The molecule has 0 radical (unpaired) electrons. The molecule has 2 fully saturated rings. The largest absolute Gasteiger partial charge is 0.377 e. The van der Waals surface area contributed by atoms with Crippen LogP contribution in [0.1, 0.15) is 51.7 Å². The number of halogens is 1. The molecule has 0 saturated carbocycles. The second-order valence-corrected chi connectivity index (χ2v) is 10.1. The molecule has 0 aromatic heterocycles. The van der Waals surface area contributed by atoms with Crippen molar-refractivity contribution in [3.8, 4) is 0 Å². The van der Waals surface area contributed by atoms with E-state index >= 15 is 0 Å². The maximum atomic E-state index is 6.12. The lowest BCUT2D eigenvalue weighted by Gasteiger charge is -2.40. The summed E-state index contributed by atoms with van der Waals surface area (Å²) in [6.45, 7) is 15.3. The van der Waals surface area contributed by atoms with E-state index in [0.717, 1.165) is 58.3 Å². The number of ether oxygens (including phenoxy) is 2. The molecule has 2 heterocycles. The molecule has 182 valence electrons. The molecule has 7 heteroatoms. The molecule has 3 unspecified atom stereocenters. The number of hydrogen-bond donors (Lipinski definition) is 2. The number of aliphatic imine (C=N–C) groups is 1. The Kier molecular flexibility index (Phi) is 11.2. The van der Waals surface area contributed by atoms with Gasteiger partial charge in [0.1, 0.15) is 0 Å². The fourth-order valence-electron chi connectivity index (χ4n) is 4.77. The number of benzene rings is 1. The van der Waals surface area contributed by atoms with E-state index in [1.165, 1.54) is 17.5 Å². The first-order valence-electron chi connectivity index (χ1n) is 11.8. The highest BCUT2D eigenvalue weighted by Gasteiger charge is 2.35. The van der Waals surface area contributed by atoms with Crippen molar-refractivity contribution in [2.75, 3.05) is 39.9 Å². The predicted octanol–water partition coefficient (Wildman–Crippen LogP) is 4.03. The summed E-state index contributed by atoms with van der Waals surface area (Å²) >= 11 is 0. The van der Waals surface area contributed by atoms with E-state index in [2.05, 4.69) is 72.5 Å². The van der Waals surface area contributed by atoms with Gasteiger partial charge in [0.15, 0.2) is 5.96 Å². The van der Waals surface area contributed by atoms with E-state index in [1.807, 2.05) is 7.05 Å². The van der Waals surface area contributed by atoms with Gasteiger partial charge >= 0.3 is 0 Å². The van der Waals surface area contributed by atoms with Crippen LogP contribution in [0, 0.1) is 11.3 Å². The van der Waals surface area contributed by atoms with Crippen molar-refractivity contribution < 1.29 is 9.47 Å². The third-order valence-corrected chi connectivity index (χ3v) is 6.24. The summed E-state index contributed by atoms with van der Waals surface area (Å²) in [4.78, 5) is 6.90. The summed E-state index contributed by atoms with van der Waals surface area (Å²) in [5.74, 6) is 1.36. The zero-order valence-electron chi connectivity index (χ0n) is 20.5. The zero-order valence-corrected chi connectivity index (χ0v) is 22.9. The maximum absolute atomic E-state index is 6.12. The molecule has 0 spiro atoms. The fraction of sp³-hybridized carbons (Fsp3) is 0.720. The molecule has 32 heavy (non-hydrogen) atoms. The standard InChI is InChI=1S/C25H42N4O2.HI/c1-19-17-29(11-13-30-19)18-21-9-6-8-20(14-21)15-27-24(26-5)28-16-22-10-7-12-31-23(22)25(2,3)4;/h6,8-9,14,19,22-23H,7,10-13,15-18H2,1-5H3,(H2,26,27,28);1H. The molecule has 1 aromatic carbocycles. The molecular formula is C25H43IN4O2. The molecule has 3 rings (SSSR count). The van der Waals surface area contributed by atoms with Crippen molar-refractivity contribution in [3.05, 3.63) is 35.4 Å². The highest BCUT2D eigenvalue weighted by Crippen LogP contribution is 2.33. The minimum absolute atomic E-state index is 0. The lowest BCUT2D eigenvalue weighted by Crippen LogP contribution is -2.47. The molecule has 2 N–H and O–H groups in total. The molecule has 6 nitrogen and oxygen atoms in total. The van der Waals surface area contributed by atoms with Gasteiger partial charge in [0.05, 0.1) is 18.8 Å². The lowest BCUT2D eigenvalue weighted by molar-refractivity contribution is -0.0835. The third kappa shape index (κ3) is 8.47. The Morgan fingerprint density at radius 2 is 1.94 bits per heavy atom. The minimum atomic E-state index is 0. The van der Waals surface area contributed by atoms with E-state index in [4.69, 9.17) is 9.47 Å². The summed E-state index contributed by atoms with van der Waals surface area (Å²) in [5, 5.41) is 7.01. The van der Waals surface area contributed by atoms with Crippen LogP contribution in [-0.2, 0) is 22.6 Å². The van der Waals surface area contributed by atoms with Crippen LogP contribution in [0.5, 0.6) is 0 Å². The monoisotopic (exact) mass is 558 g/mol. The first-order chi connectivity index (χ1) is 14.8. The minimum Gasteiger partial charge on any atom is -0.377 e. The van der Waals surface area contributed by atoms with Gasteiger partial charge in [0.2, 0.25) is 0 Å². The van der Waals surface area contributed by atoms with E-state index in [9.17, 15) is 0 Å². The smallest absolute Gasteiger partial charge is 0.191 e. The van der Waals surface area contributed by atoms with E-state index in [0.29, 0.717) is 12.0 Å². The van der Waals surface area contributed by atoms with Crippen LogP contribution in [0.4, 0.5) is 0 Å². The van der Waals surface area contributed by atoms with Crippen molar-refractivity contribution in [1.82, 2.24) is 15.5 Å². The molecule has 2 saturated heterocycles. The third-order valence-electron chi connectivity index (χ3n) is 6.24. The van der Waals surface area contributed by atoms with Crippen LogP contribution in [0.3, 0.4) is 0 Å². The molecule has 2 aliphatic rings. The van der Waals surface area contributed by atoms with Crippen molar-refractivity contribution in [3.63, 3.8) is 0 Å². The van der Waals surface area contributed by atoms with Gasteiger partial charge in [-0.25, -0.2) is 0 Å². The average molecular weight is 559 g/mol. The Bertz CT molecular complexity index is 722. The normalized spacial score (nSPS) is 25.2. The Morgan fingerprint density at radius 1 is 1.16 bits per heavy atom. The SMILES string of the molecule is CN=C(NCc1cccc(CN2CCOC(C)C2)c1)NCC1CCCOC1C(C)(C)C.I. The molecule has 0 amide bonds. The molecule has 1 aromatic rings. The van der Waals surface area contributed by atoms with E-state index < -0.39 is 0 Å². The Hall–Kier alpha value is -0.900. The molecule has 0 aliphatic carbocycles. The van der Waals surface area contributed by atoms with Crippen molar-refractivity contribution >= 4 is 29.9 Å². The Morgan fingerprint density at radius 3 is 2.66 bits per heavy atom. The van der Waals surface area contributed by atoms with Crippen molar-refractivity contribution in [2.45, 2.75) is 65.8 Å². The second-order valence-electron chi connectivity index (χ2n) is 10.1. The number of hydrogen-bond acceptors (Lipinski definition) is 4. The number of nitrogens with one attached hydrogen (secondary N) is 2. The second kappa shape index (κ2) is 13.1. The number of guanidine groups is 1. The highest BCUT2D eigenvalue weighted by molar-refractivity contribution is 14.0. The first kappa shape index (κ1) is 27.3. The van der Waals surface area contributed by atoms with Gasteiger partial charge in [-0.05, 0) is 36.3 Å². The molecule has 2 aliphatic heterocycles. The summed E-state index contributed by atoms with van der Waals surface area (Å²) in [7, 11) is 1.84. The average Bonchev–Trinajstić information content (AvgIpc) is 2.74. The summed E-state index contributed by atoms with van der Waals surface area (Å²) < 4.78 is 11.8. The van der Waals surface area contributed by atoms with Crippen LogP contribution in [0.2, 0.25) is 0 Å². The van der Waals surface area contributed by atoms with Gasteiger partial charge < -0.3 is 20.1 Å². The first-order valence-corrected chi connectivity index (χ1v) is 11.8. The molecule has 0 bridgehead atoms. The number of morpholine rings is 1. The van der Waals surface area contributed by atoms with Crippen LogP contribution >= 0.6 is 24.0 Å². The zero-order chi connectivity index (χ0) is 22.3. The maximum Gasteiger partial charge on any atom is 0.191 e. The predicted molar refractivity (Wildman–Crippen MR) is 143 cm³/mol. The lowest BCUT2D eigenvalue weighted by atomic mass is 9.78. The van der Waals surface area contributed by atoms with E-state index in [1.54, 1.807) is 0 Å². The summed E-state index contributed by atoms with van der Waals surface area (Å²) in [6, 6.07) is 8.84. The van der Waals surface area contributed by atoms with Gasteiger partial charge in [-0.2, -0.15) is 0 Å². The molecular weight excluding hydrogens is 515 g/mol. The summed E-state index contributed by atoms with van der Waals surface area (Å²) in [6.07, 6.45) is 2.94. The van der Waals surface area contributed by atoms with Crippen LogP contribution in [0.25, 0.3) is 0 Å². The Balaban J connectivity index is 0.00000363. The molecule has 3 atom stereocenters. The van der Waals surface area contributed by atoms with Crippen LogP contribution in [0.15, 0.2) is 29.3 Å². The number of nitrogens with zero attached hydrogens (tertiary/aromatic N) is 2. The highest BCUT2D eigenvalue weighted by atomic mass is 127. The Labute approximate surface area is 211 Å². The van der Waals surface area contributed by atoms with Gasteiger partial charge in [-0.1, -0.05) is 45.0 Å². The number of rotatable bonds is 6. The van der Waals surface area contributed by atoms with E-state index in [-0.39, 0.29) is 35.5 Å². The topological polar surface area (TPSA) is 58.1 Å². The van der Waals surface area contributed by atoms with Gasteiger partial charge in [-0.3, -0.25) is 9.89 Å². The van der Waals surface area contributed by atoms with Crippen LogP contribution < -0.4 is 10.6 Å². The van der Waals surface area contributed by atoms with Gasteiger partial charge in [0, 0.05) is 52.3 Å². The van der Waals surface area contributed by atoms with Crippen molar-refractivity contribution in [2.24, 2.45) is 16.3 Å². The van der Waals surface area contributed by atoms with Crippen molar-refractivity contribution in [1.29, 1.82) is 0 Å². The summed E-state index contributed by atoms with van der Waals surface area (Å²) in [5.41, 5.74) is 2.78. The fourth-order valence-corrected chi connectivity index (χ4v) is 4.77. The van der Waals surface area contributed by atoms with Crippen LogP contribution in [-0.4, -0.2) is 63.0 Å². The van der Waals surface area contributed by atoms with Gasteiger partial charge in [0.25, 0.3) is 0 Å². The van der Waals surface area contributed by atoms with Gasteiger partial charge in [-0.15, -0.1) is 24.0 Å². The quantitative estimate of drug-likeness (QED) is 0.314.